The lowest BCUT2D eigenvalue weighted by atomic mass is 9.80. The molecule has 1 fully saturated rings. The van der Waals surface area contributed by atoms with Gasteiger partial charge in [-0.25, -0.2) is 4.79 Å². The van der Waals surface area contributed by atoms with E-state index in [4.69, 9.17) is 0 Å². The Morgan fingerprint density at radius 2 is 1.33 bits per heavy atom. The van der Waals surface area contributed by atoms with Crippen molar-refractivity contribution in [2.75, 3.05) is 10.6 Å². The van der Waals surface area contributed by atoms with E-state index < -0.39 is 5.54 Å². The molecule has 5 nitrogen and oxygen atoms in total. The summed E-state index contributed by atoms with van der Waals surface area (Å²) in [5, 5.41) is 8.87. The van der Waals surface area contributed by atoms with E-state index in [1.54, 1.807) is 0 Å². The quantitative estimate of drug-likeness (QED) is 0.603. The summed E-state index contributed by atoms with van der Waals surface area (Å²) in [7, 11) is 0. The van der Waals surface area contributed by atoms with Gasteiger partial charge in [0.05, 0.1) is 0 Å². The Kier molecular flexibility index (Phi) is 6.49. The topological polar surface area (TPSA) is 70.2 Å². The number of carbonyl (C=O) groups excluding carboxylic acids is 2. The molecule has 5 heteroatoms. The van der Waals surface area contributed by atoms with Gasteiger partial charge in [0.25, 0.3) is 0 Å². The predicted octanol–water partition coefficient (Wildman–Crippen LogP) is 5.76. The Hall–Kier alpha value is -2.82. The molecular formula is C25H33N3O2. The van der Waals surface area contributed by atoms with E-state index in [-0.39, 0.29) is 17.4 Å². The van der Waals surface area contributed by atoms with Crippen molar-refractivity contribution < 1.29 is 9.59 Å². The van der Waals surface area contributed by atoms with Crippen molar-refractivity contribution in [3.63, 3.8) is 0 Å². The molecule has 2 aromatic carbocycles. The largest absolute Gasteiger partial charge is 0.324 e. The summed E-state index contributed by atoms with van der Waals surface area (Å²) < 4.78 is 0. The third kappa shape index (κ3) is 5.41. The molecule has 160 valence electrons. The highest BCUT2D eigenvalue weighted by molar-refractivity contribution is 6.02. The number of carbonyl (C=O) groups is 2. The third-order valence-corrected chi connectivity index (χ3v) is 5.81. The van der Waals surface area contributed by atoms with E-state index in [1.165, 1.54) is 5.56 Å². The summed E-state index contributed by atoms with van der Waals surface area (Å²) in [6.07, 6.45) is 4.19. The molecule has 1 saturated carbocycles. The van der Waals surface area contributed by atoms with Crippen molar-refractivity contribution in [1.82, 2.24) is 5.32 Å². The molecule has 30 heavy (non-hydrogen) atoms. The van der Waals surface area contributed by atoms with Gasteiger partial charge in [-0.1, -0.05) is 69.9 Å². The van der Waals surface area contributed by atoms with E-state index in [0.29, 0.717) is 18.5 Å². The molecule has 0 radical (unpaired) electrons. The summed E-state index contributed by atoms with van der Waals surface area (Å²) in [5.41, 5.74) is 2.96. The van der Waals surface area contributed by atoms with Crippen molar-refractivity contribution in [3.8, 4) is 0 Å². The Balaban J connectivity index is 1.71. The minimum Gasteiger partial charge on any atom is -0.324 e. The second kappa shape index (κ2) is 8.90. The van der Waals surface area contributed by atoms with Crippen LogP contribution in [-0.4, -0.2) is 17.5 Å². The van der Waals surface area contributed by atoms with Crippen LogP contribution in [0.1, 0.15) is 64.0 Å². The van der Waals surface area contributed by atoms with Crippen LogP contribution >= 0.6 is 0 Å². The van der Waals surface area contributed by atoms with Gasteiger partial charge in [-0.15, -0.1) is 0 Å². The zero-order valence-corrected chi connectivity index (χ0v) is 18.5. The first kappa shape index (κ1) is 21.9. The molecule has 0 unspecified atom stereocenters. The van der Waals surface area contributed by atoms with Gasteiger partial charge in [-0.2, -0.15) is 0 Å². The number of urea groups is 1. The Labute approximate surface area is 179 Å². The molecule has 0 bridgehead atoms. The molecular weight excluding hydrogens is 374 g/mol. The van der Waals surface area contributed by atoms with Crippen LogP contribution in [-0.2, 0) is 10.2 Å². The Morgan fingerprint density at radius 1 is 0.800 bits per heavy atom. The number of hydrogen-bond donors (Lipinski definition) is 3. The number of rotatable bonds is 4. The average molecular weight is 408 g/mol. The predicted molar refractivity (Wildman–Crippen MR) is 123 cm³/mol. The normalized spacial score (nSPS) is 15.9. The maximum atomic E-state index is 13.3. The van der Waals surface area contributed by atoms with E-state index in [9.17, 15) is 9.59 Å². The van der Waals surface area contributed by atoms with Crippen LogP contribution in [0.25, 0.3) is 0 Å². The number of nitrogens with one attached hydrogen (secondary N) is 3. The van der Waals surface area contributed by atoms with Crippen molar-refractivity contribution in [3.05, 3.63) is 59.7 Å². The van der Waals surface area contributed by atoms with Gasteiger partial charge in [0.2, 0.25) is 5.91 Å². The van der Waals surface area contributed by atoms with E-state index in [0.717, 1.165) is 30.5 Å². The first-order valence-electron chi connectivity index (χ1n) is 10.8. The molecule has 3 amide bonds. The average Bonchev–Trinajstić information content (AvgIpc) is 2.70. The smallest absolute Gasteiger partial charge is 0.320 e. The molecule has 0 saturated heterocycles. The van der Waals surface area contributed by atoms with Gasteiger partial charge in [0.15, 0.2) is 0 Å². The first-order valence-corrected chi connectivity index (χ1v) is 10.8. The third-order valence-electron chi connectivity index (χ3n) is 5.81. The lowest BCUT2D eigenvalue weighted by molar-refractivity contribution is -0.123. The highest BCUT2D eigenvalue weighted by Gasteiger charge is 2.41. The number of amides is 3. The van der Waals surface area contributed by atoms with Gasteiger partial charge < -0.3 is 16.0 Å². The summed E-state index contributed by atoms with van der Waals surface area (Å²) in [6, 6.07) is 15.2. The molecule has 0 aliphatic heterocycles. The molecule has 2 aromatic rings. The lowest BCUT2D eigenvalue weighted by Crippen LogP contribution is -2.58. The zero-order chi connectivity index (χ0) is 21.8. The van der Waals surface area contributed by atoms with Crippen molar-refractivity contribution >= 4 is 23.3 Å². The SMILES string of the molecule is Cc1ccc(NC(=O)NC2(C(=O)Nc3ccc(C(C)(C)C)cc3)CCCCC2)cc1. The van der Waals surface area contributed by atoms with Crippen LogP contribution in [0.4, 0.5) is 16.2 Å². The van der Waals surface area contributed by atoms with E-state index >= 15 is 0 Å². The monoisotopic (exact) mass is 407 g/mol. The van der Waals surface area contributed by atoms with Crippen LogP contribution < -0.4 is 16.0 Å². The van der Waals surface area contributed by atoms with Crippen LogP contribution in [0.2, 0.25) is 0 Å². The number of benzene rings is 2. The second-order valence-corrected chi connectivity index (χ2v) is 9.37. The summed E-state index contributed by atoms with van der Waals surface area (Å²) >= 11 is 0. The van der Waals surface area contributed by atoms with E-state index in [1.807, 2.05) is 55.5 Å². The van der Waals surface area contributed by atoms with E-state index in [2.05, 4.69) is 36.7 Å². The van der Waals surface area contributed by atoms with Gasteiger partial charge >= 0.3 is 6.03 Å². The van der Waals surface area contributed by atoms with Crippen LogP contribution in [0.5, 0.6) is 0 Å². The maximum Gasteiger partial charge on any atom is 0.320 e. The zero-order valence-electron chi connectivity index (χ0n) is 18.5. The molecule has 3 N–H and O–H groups in total. The summed E-state index contributed by atoms with van der Waals surface area (Å²) in [6.45, 7) is 8.48. The van der Waals surface area contributed by atoms with Crippen molar-refractivity contribution in [2.45, 2.75) is 70.8 Å². The number of anilines is 2. The highest BCUT2D eigenvalue weighted by atomic mass is 16.2. The second-order valence-electron chi connectivity index (χ2n) is 9.37. The van der Waals surface area contributed by atoms with Gasteiger partial charge in [-0.05, 0) is 55.0 Å². The number of aryl methyl sites for hydroxylation is 1. The number of hydrogen-bond acceptors (Lipinski definition) is 2. The Morgan fingerprint density at radius 3 is 1.90 bits per heavy atom. The van der Waals surface area contributed by atoms with Crippen molar-refractivity contribution in [2.24, 2.45) is 0 Å². The minimum absolute atomic E-state index is 0.0583. The van der Waals surface area contributed by atoms with Crippen molar-refractivity contribution in [1.29, 1.82) is 0 Å². The minimum atomic E-state index is -0.893. The fourth-order valence-electron chi connectivity index (χ4n) is 3.89. The molecule has 0 spiro atoms. The summed E-state index contributed by atoms with van der Waals surface area (Å²) in [4.78, 5) is 25.9. The standard InChI is InChI=1S/C25H33N3O2/c1-18-8-12-21(13-9-18)27-23(30)28-25(16-6-5-7-17-25)22(29)26-20-14-10-19(11-15-20)24(2,3)4/h8-15H,5-7,16-17H2,1-4H3,(H,26,29)(H2,27,28,30). The lowest BCUT2D eigenvalue weighted by Gasteiger charge is -2.36. The maximum absolute atomic E-state index is 13.3. The molecule has 1 aliphatic rings. The first-order chi connectivity index (χ1) is 14.2. The molecule has 0 atom stereocenters. The van der Waals surface area contributed by atoms with Crippen LogP contribution in [0.3, 0.4) is 0 Å². The van der Waals surface area contributed by atoms with Gasteiger partial charge in [-0.3, -0.25) is 4.79 Å². The molecule has 3 rings (SSSR count). The van der Waals surface area contributed by atoms with Crippen LogP contribution in [0, 0.1) is 6.92 Å². The molecule has 0 heterocycles. The fraction of sp³-hybridized carbons (Fsp3) is 0.440. The van der Waals surface area contributed by atoms with Crippen LogP contribution in [0.15, 0.2) is 48.5 Å². The molecule has 1 aliphatic carbocycles. The highest BCUT2D eigenvalue weighted by Crippen LogP contribution is 2.30. The fourth-order valence-corrected chi connectivity index (χ4v) is 3.89. The molecule has 0 aromatic heterocycles. The van der Waals surface area contributed by atoms with Gasteiger partial charge in [0, 0.05) is 11.4 Å². The Bertz CT molecular complexity index is 874. The van der Waals surface area contributed by atoms with Gasteiger partial charge in [0.1, 0.15) is 5.54 Å². The summed E-state index contributed by atoms with van der Waals surface area (Å²) in [5.74, 6) is -0.148.